The average molecular weight is 241 g/mol. The fraction of sp³-hybridized carbons (Fsp3) is 0.417. The van der Waals surface area contributed by atoms with Crippen molar-refractivity contribution in [3.63, 3.8) is 0 Å². The van der Waals surface area contributed by atoms with E-state index in [1.54, 1.807) is 6.07 Å². The van der Waals surface area contributed by atoms with Crippen LogP contribution in [0.25, 0.3) is 0 Å². The molecule has 88 valence electrons. The number of anilines is 1. The van der Waals surface area contributed by atoms with Crippen molar-refractivity contribution in [2.24, 2.45) is 0 Å². The van der Waals surface area contributed by atoms with Gasteiger partial charge in [0.2, 0.25) is 0 Å². The number of urea groups is 1. The van der Waals surface area contributed by atoms with E-state index in [9.17, 15) is 4.79 Å². The number of hydrogen-bond acceptors (Lipinski definition) is 1. The van der Waals surface area contributed by atoms with Gasteiger partial charge in [0.25, 0.3) is 0 Å². The van der Waals surface area contributed by atoms with Crippen LogP contribution in [-0.2, 0) is 0 Å². The van der Waals surface area contributed by atoms with Gasteiger partial charge in [0.1, 0.15) is 0 Å². The molecule has 0 bridgehead atoms. The Bertz CT molecular complexity index is 396. The quantitative estimate of drug-likeness (QED) is 0.774. The first kappa shape index (κ1) is 12.8. The van der Waals surface area contributed by atoms with E-state index in [1.165, 1.54) is 0 Å². The van der Waals surface area contributed by atoms with E-state index in [2.05, 4.69) is 10.6 Å². The van der Waals surface area contributed by atoms with E-state index in [-0.39, 0.29) is 11.6 Å². The first-order valence-electron chi connectivity index (χ1n) is 5.14. The lowest BCUT2D eigenvalue weighted by Crippen LogP contribution is -2.43. The molecular weight excluding hydrogens is 224 g/mol. The molecule has 1 rings (SSSR count). The Labute approximate surface area is 101 Å². The third kappa shape index (κ3) is 3.74. The molecule has 4 heteroatoms. The molecule has 0 unspecified atom stereocenters. The molecule has 0 atom stereocenters. The van der Waals surface area contributed by atoms with Crippen LogP contribution in [0.3, 0.4) is 0 Å². The highest BCUT2D eigenvalue weighted by Gasteiger charge is 2.14. The van der Waals surface area contributed by atoms with Crippen molar-refractivity contribution < 1.29 is 4.79 Å². The van der Waals surface area contributed by atoms with Crippen LogP contribution < -0.4 is 10.6 Å². The van der Waals surface area contributed by atoms with Gasteiger partial charge in [-0.25, -0.2) is 4.79 Å². The van der Waals surface area contributed by atoms with E-state index in [0.29, 0.717) is 5.02 Å². The Morgan fingerprint density at radius 1 is 1.31 bits per heavy atom. The number of halogens is 1. The summed E-state index contributed by atoms with van der Waals surface area (Å²) in [6.45, 7) is 7.65. The number of carbonyl (C=O) groups is 1. The maximum Gasteiger partial charge on any atom is 0.319 e. The molecule has 0 aliphatic rings. The first-order valence-corrected chi connectivity index (χ1v) is 5.52. The maximum atomic E-state index is 11.6. The average Bonchev–Trinajstić information content (AvgIpc) is 2.09. The topological polar surface area (TPSA) is 41.1 Å². The molecule has 0 aliphatic carbocycles. The van der Waals surface area contributed by atoms with Crippen LogP contribution in [0.5, 0.6) is 0 Å². The van der Waals surface area contributed by atoms with Crippen molar-refractivity contribution in [3.8, 4) is 0 Å². The molecule has 2 amide bonds. The van der Waals surface area contributed by atoms with E-state index < -0.39 is 0 Å². The SMILES string of the molecule is Cc1c(Cl)cccc1NC(=O)NC(C)(C)C. The summed E-state index contributed by atoms with van der Waals surface area (Å²) in [6.07, 6.45) is 0. The number of hydrogen-bond donors (Lipinski definition) is 2. The molecule has 0 heterocycles. The molecule has 0 aliphatic heterocycles. The van der Waals surface area contributed by atoms with E-state index in [1.807, 2.05) is 39.8 Å². The fourth-order valence-corrected chi connectivity index (χ4v) is 1.41. The van der Waals surface area contributed by atoms with Crippen LogP contribution in [0, 0.1) is 6.92 Å². The van der Waals surface area contributed by atoms with Crippen LogP contribution in [0.4, 0.5) is 10.5 Å². The lowest BCUT2D eigenvalue weighted by atomic mass is 10.1. The number of benzene rings is 1. The molecule has 1 aromatic rings. The molecule has 0 aromatic heterocycles. The largest absolute Gasteiger partial charge is 0.333 e. The summed E-state index contributed by atoms with van der Waals surface area (Å²) in [5.41, 5.74) is 1.35. The summed E-state index contributed by atoms with van der Waals surface area (Å²) >= 11 is 5.96. The predicted octanol–water partition coefficient (Wildman–Crippen LogP) is 3.57. The highest BCUT2D eigenvalue weighted by Crippen LogP contribution is 2.22. The third-order valence-corrected chi connectivity index (χ3v) is 2.41. The normalized spacial score (nSPS) is 11.1. The Balaban J connectivity index is 2.74. The van der Waals surface area contributed by atoms with Gasteiger partial charge >= 0.3 is 6.03 Å². The van der Waals surface area contributed by atoms with E-state index >= 15 is 0 Å². The lowest BCUT2D eigenvalue weighted by Gasteiger charge is -2.21. The van der Waals surface area contributed by atoms with Crippen molar-refractivity contribution in [2.75, 3.05) is 5.32 Å². The molecule has 0 spiro atoms. The predicted molar refractivity (Wildman–Crippen MR) is 68.1 cm³/mol. The van der Waals surface area contributed by atoms with Gasteiger partial charge in [-0.1, -0.05) is 17.7 Å². The second-order valence-electron chi connectivity index (χ2n) is 4.74. The molecule has 0 saturated carbocycles. The van der Waals surface area contributed by atoms with Crippen molar-refractivity contribution in [2.45, 2.75) is 33.2 Å². The second kappa shape index (κ2) is 4.74. The number of amides is 2. The van der Waals surface area contributed by atoms with Gasteiger partial charge in [0, 0.05) is 16.2 Å². The van der Waals surface area contributed by atoms with Gasteiger partial charge in [-0.05, 0) is 45.4 Å². The van der Waals surface area contributed by atoms with Gasteiger partial charge < -0.3 is 10.6 Å². The lowest BCUT2D eigenvalue weighted by molar-refractivity contribution is 0.244. The molecule has 2 N–H and O–H groups in total. The molecule has 1 aromatic carbocycles. The summed E-state index contributed by atoms with van der Waals surface area (Å²) in [7, 11) is 0. The summed E-state index contributed by atoms with van der Waals surface area (Å²) in [4.78, 5) is 11.6. The molecular formula is C12H17ClN2O. The maximum absolute atomic E-state index is 11.6. The van der Waals surface area contributed by atoms with Crippen molar-refractivity contribution >= 4 is 23.3 Å². The minimum Gasteiger partial charge on any atom is -0.333 e. The molecule has 16 heavy (non-hydrogen) atoms. The zero-order valence-electron chi connectivity index (χ0n) is 10.0. The van der Waals surface area contributed by atoms with Crippen LogP contribution >= 0.6 is 11.6 Å². The highest BCUT2D eigenvalue weighted by atomic mass is 35.5. The van der Waals surface area contributed by atoms with Gasteiger partial charge in [-0.15, -0.1) is 0 Å². The second-order valence-corrected chi connectivity index (χ2v) is 5.15. The minimum atomic E-state index is -0.253. The monoisotopic (exact) mass is 240 g/mol. The van der Waals surface area contributed by atoms with Crippen molar-refractivity contribution in [1.82, 2.24) is 5.32 Å². The zero-order chi connectivity index (χ0) is 12.3. The Morgan fingerprint density at radius 3 is 2.50 bits per heavy atom. The smallest absolute Gasteiger partial charge is 0.319 e. The Morgan fingerprint density at radius 2 is 1.94 bits per heavy atom. The third-order valence-electron chi connectivity index (χ3n) is 2.00. The minimum absolute atomic E-state index is 0.224. The van der Waals surface area contributed by atoms with Crippen molar-refractivity contribution in [1.29, 1.82) is 0 Å². The summed E-state index contributed by atoms with van der Waals surface area (Å²) < 4.78 is 0. The Hall–Kier alpha value is -1.22. The number of nitrogens with one attached hydrogen (secondary N) is 2. The zero-order valence-corrected chi connectivity index (χ0v) is 10.8. The van der Waals surface area contributed by atoms with Gasteiger partial charge in [-0.2, -0.15) is 0 Å². The van der Waals surface area contributed by atoms with Gasteiger partial charge in [0.05, 0.1) is 0 Å². The van der Waals surface area contributed by atoms with Gasteiger partial charge in [-0.3, -0.25) is 0 Å². The first-order chi connectivity index (χ1) is 7.29. The number of rotatable bonds is 1. The molecule has 3 nitrogen and oxygen atoms in total. The molecule has 0 fully saturated rings. The van der Waals surface area contributed by atoms with E-state index in [0.717, 1.165) is 11.3 Å². The molecule has 0 saturated heterocycles. The fourth-order valence-electron chi connectivity index (χ4n) is 1.24. The summed E-state index contributed by atoms with van der Waals surface area (Å²) in [6, 6.07) is 5.20. The van der Waals surface area contributed by atoms with Crippen LogP contribution in [0.2, 0.25) is 5.02 Å². The molecule has 0 radical (unpaired) electrons. The standard InChI is InChI=1S/C12H17ClN2O/c1-8-9(13)6-5-7-10(8)14-11(16)15-12(2,3)4/h5-7H,1-4H3,(H2,14,15,16). The van der Waals surface area contributed by atoms with Crippen LogP contribution in [0.1, 0.15) is 26.3 Å². The summed E-state index contributed by atoms with van der Waals surface area (Å²) in [5, 5.41) is 6.24. The number of carbonyl (C=O) groups excluding carboxylic acids is 1. The van der Waals surface area contributed by atoms with E-state index in [4.69, 9.17) is 11.6 Å². The van der Waals surface area contributed by atoms with Crippen LogP contribution in [-0.4, -0.2) is 11.6 Å². The highest BCUT2D eigenvalue weighted by molar-refractivity contribution is 6.31. The van der Waals surface area contributed by atoms with Gasteiger partial charge in [0.15, 0.2) is 0 Å². The summed E-state index contributed by atoms with van der Waals surface area (Å²) in [5.74, 6) is 0. The van der Waals surface area contributed by atoms with Crippen LogP contribution in [0.15, 0.2) is 18.2 Å². The van der Waals surface area contributed by atoms with Crippen molar-refractivity contribution in [3.05, 3.63) is 28.8 Å². The Kier molecular flexibility index (Phi) is 3.81.